The summed E-state index contributed by atoms with van der Waals surface area (Å²) in [6.45, 7) is 7.98. The van der Waals surface area contributed by atoms with Gasteiger partial charge in [0.15, 0.2) is 0 Å². The molecule has 0 aliphatic carbocycles. The molecule has 0 aromatic heterocycles. The Bertz CT molecular complexity index is 960. The average Bonchev–Trinajstić information content (AvgIpc) is 2.86. The smallest absolute Gasteiger partial charge is 0.336 e. The lowest BCUT2D eigenvalue weighted by Crippen LogP contribution is -2.18. The van der Waals surface area contributed by atoms with E-state index in [0.29, 0.717) is 17.9 Å². The van der Waals surface area contributed by atoms with Crippen molar-refractivity contribution in [3.63, 3.8) is 0 Å². The Kier molecular flexibility index (Phi) is 12.2. The lowest BCUT2D eigenvalue weighted by Gasteiger charge is -2.17. The SMILES string of the molecule is C=C(C)C(=O)OC(CCC)CCCCCOc1ccc(OC(=O)/C=C/c2ccc(OC)cc2)cc1. The van der Waals surface area contributed by atoms with Crippen LogP contribution in [0.3, 0.4) is 0 Å². The van der Waals surface area contributed by atoms with E-state index < -0.39 is 5.97 Å². The number of carbonyl (C=O) groups is 2. The van der Waals surface area contributed by atoms with Crippen LogP contribution in [-0.2, 0) is 14.3 Å². The molecular formula is C29H36O6. The Hall–Kier alpha value is -3.54. The summed E-state index contributed by atoms with van der Waals surface area (Å²) in [5.74, 6) is 1.17. The third-order valence-corrected chi connectivity index (χ3v) is 5.24. The van der Waals surface area contributed by atoms with Crippen LogP contribution in [-0.4, -0.2) is 31.8 Å². The summed E-state index contributed by atoms with van der Waals surface area (Å²) in [5, 5.41) is 0. The van der Waals surface area contributed by atoms with Crippen LogP contribution in [0.15, 0.2) is 66.8 Å². The number of carbonyl (C=O) groups excluding carboxylic acids is 2. The molecule has 2 rings (SSSR count). The second-order valence-electron chi connectivity index (χ2n) is 8.29. The molecule has 2 aromatic rings. The van der Waals surface area contributed by atoms with Crippen LogP contribution in [0.4, 0.5) is 0 Å². The van der Waals surface area contributed by atoms with Crippen molar-refractivity contribution in [1.29, 1.82) is 0 Å². The first-order valence-electron chi connectivity index (χ1n) is 12.0. The molecule has 0 N–H and O–H groups in total. The number of hydrogen-bond donors (Lipinski definition) is 0. The number of unbranched alkanes of at least 4 members (excludes halogenated alkanes) is 2. The van der Waals surface area contributed by atoms with Crippen molar-refractivity contribution in [2.24, 2.45) is 0 Å². The molecule has 6 heteroatoms. The molecule has 0 spiro atoms. The average molecular weight is 481 g/mol. The molecular weight excluding hydrogens is 444 g/mol. The third-order valence-electron chi connectivity index (χ3n) is 5.24. The lowest BCUT2D eigenvalue weighted by molar-refractivity contribution is -0.145. The second kappa shape index (κ2) is 15.4. The third kappa shape index (κ3) is 11.0. The van der Waals surface area contributed by atoms with Crippen molar-refractivity contribution in [2.75, 3.05) is 13.7 Å². The van der Waals surface area contributed by atoms with Gasteiger partial charge in [-0.05, 0) is 87.1 Å². The van der Waals surface area contributed by atoms with Crippen molar-refractivity contribution in [2.45, 2.75) is 58.5 Å². The maximum Gasteiger partial charge on any atom is 0.336 e. The van der Waals surface area contributed by atoms with Gasteiger partial charge >= 0.3 is 11.9 Å². The topological polar surface area (TPSA) is 71.1 Å². The highest BCUT2D eigenvalue weighted by Gasteiger charge is 2.13. The highest BCUT2D eigenvalue weighted by Crippen LogP contribution is 2.19. The minimum absolute atomic E-state index is 0.0496. The number of hydrogen-bond acceptors (Lipinski definition) is 6. The van der Waals surface area contributed by atoms with Crippen LogP contribution < -0.4 is 14.2 Å². The number of benzene rings is 2. The van der Waals surface area contributed by atoms with E-state index in [1.165, 1.54) is 6.08 Å². The van der Waals surface area contributed by atoms with Gasteiger partial charge in [0, 0.05) is 11.6 Å². The molecule has 6 nitrogen and oxygen atoms in total. The van der Waals surface area contributed by atoms with Gasteiger partial charge in [-0.1, -0.05) is 32.1 Å². The number of ether oxygens (including phenoxy) is 4. The second-order valence-corrected chi connectivity index (χ2v) is 8.29. The quantitative estimate of drug-likeness (QED) is 0.125. The number of esters is 2. The van der Waals surface area contributed by atoms with Crippen molar-refractivity contribution in [1.82, 2.24) is 0 Å². The molecule has 0 radical (unpaired) electrons. The minimum atomic E-state index is -0.454. The van der Waals surface area contributed by atoms with E-state index in [2.05, 4.69) is 13.5 Å². The lowest BCUT2D eigenvalue weighted by atomic mass is 10.1. The molecule has 0 fully saturated rings. The standard InChI is InChI=1S/C29H36O6/c1-5-9-26(35-29(31)22(2)3)10-7-6-8-21-33-25-16-18-27(19-17-25)34-28(30)20-13-23-11-14-24(32-4)15-12-23/h11-20,26H,2,5-10,21H2,1,3-4H3/b20-13+. The van der Waals surface area contributed by atoms with Crippen LogP contribution in [0.25, 0.3) is 6.08 Å². The first-order valence-corrected chi connectivity index (χ1v) is 12.0. The van der Waals surface area contributed by atoms with Gasteiger partial charge in [0.25, 0.3) is 0 Å². The molecule has 0 heterocycles. The van der Waals surface area contributed by atoms with Gasteiger partial charge in [0.05, 0.1) is 13.7 Å². The van der Waals surface area contributed by atoms with E-state index in [9.17, 15) is 9.59 Å². The Labute approximate surface area is 208 Å². The number of rotatable bonds is 15. The molecule has 35 heavy (non-hydrogen) atoms. The maximum absolute atomic E-state index is 12.1. The highest BCUT2D eigenvalue weighted by molar-refractivity contribution is 5.88. The van der Waals surface area contributed by atoms with Crippen molar-refractivity contribution in [3.8, 4) is 17.2 Å². The molecule has 188 valence electrons. The largest absolute Gasteiger partial charge is 0.497 e. The van der Waals surface area contributed by atoms with Gasteiger partial charge in [0.2, 0.25) is 0 Å². The molecule has 0 aliphatic heterocycles. The van der Waals surface area contributed by atoms with Crippen molar-refractivity contribution in [3.05, 3.63) is 72.3 Å². The maximum atomic E-state index is 12.1. The zero-order valence-electron chi connectivity index (χ0n) is 21.0. The van der Waals surface area contributed by atoms with E-state index in [0.717, 1.165) is 55.6 Å². The Morgan fingerprint density at radius 2 is 1.57 bits per heavy atom. The van der Waals surface area contributed by atoms with Crippen LogP contribution in [0, 0.1) is 0 Å². The highest BCUT2D eigenvalue weighted by atomic mass is 16.5. The van der Waals surface area contributed by atoms with Crippen molar-refractivity contribution >= 4 is 18.0 Å². The van der Waals surface area contributed by atoms with Crippen LogP contribution in [0.2, 0.25) is 0 Å². The molecule has 0 aliphatic rings. The zero-order chi connectivity index (χ0) is 25.5. The molecule has 2 aromatic carbocycles. The predicted molar refractivity (Wildman–Crippen MR) is 138 cm³/mol. The zero-order valence-corrected chi connectivity index (χ0v) is 21.0. The Morgan fingerprint density at radius 1 is 0.914 bits per heavy atom. The van der Waals surface area contributed by atoms with E-state index in [4.69, 9.17) is 18.9 Å². The van der Waals surface area contributed by atoms with Gasteiger partial charge in [0.1, 0.15) is 23.4 Å². The summed E-state index contributed by atoms with van der Waals surface area (Å²) in [7, 11) is 1.61. The minimum Gasteiger partial charge on any atom is -0.497 e. The summed E-state index contributed by atoms with van der Waals surface area (Å²) in [4.78, 5) is 23.8. The predicted octanol–water partition coefficient (Wildman–Crippen LogP) is 6.54. The molecule has 0 saturated heterocycles. The summed E-state index contributed by atoms with van der Waals surface area (Å²) in [5.41, 5.74) is 1.31. The first kappa shape index (κ1) is 27.7. The summed E-state index contributed by atoms with van der Waals surface area (Å²) in [6, 6.07) is 14.4. The van der Waals surface area contributed by atoms with Gasteiger partial charge in [-0.15, -0.1) is 0 Å². The van der Waals surface area contributed by atoms with Crippen LogP contribution >= 0.6 is 0 Å². The molecule has 0 amide bonds. The summed E-state index contributed by atoms with van der Waals surface area (Å²) < 4.78 is 21.7. The van der Waals surface area contributed by atoms with E-state index in [-0.39, 0.29) is 12.1 Å². The fourth-order valence-electron chi connectivity index (χ4n) is 3.31. The Balaban J connectivity index is 1.66. The summed E-state index contributed by atoms with van der Waals surface area (Å²) in [6.07, 6.45) is 8.57. The van der Waals surface area contributed by atoms with E-state index >= 15 is 0 Å². The molecule has 1 atom stereocenters. The van der Waals surface area contributed by atoms with Gasteiger partial charge in [-0.2, -0.15) is 0 Å². The van der Waals surface area contributed by atoms with Crippen LogP contribution in [0.5, 0.6) is 17.2 Å². The molecule has 0 saturated carbocycles. The molecule has 1 unspecified atom stereocenters. The monoisotopic (exact) mass is 480 g/mol. The normalized spacial score (nSPS) is 11.6. The fourth-order valence-corrected chi connectivity index (χ4v) is 3.31. The van der Waals surface area contributed by atoms with E-state index in [1.54, 1.807) is 44.4 Å². The van der Waals surface area contributed by atoms with Gasteiger partial charge in [-0.25, -0.2) is 9.59 Å². The van der Waals surface area contributed by atoms with Gasteiger partial charge < -0.3 is 18.9 Å². The fraction of sp³-hybridized carbons (Fsp3) is 0.379. The van der Waals surface area contributed by atoms with Crippen molar-refractivity contribution < 1.29 is 28.5 Å². The summed E-state index contributed by atoms with van der Waals surface area (Å²) >= 11 is 0. The Morgan fingerprint density at radius 3 is 2.20 bits per heavy atom. The first-order chi connectivity index (χ1) is 16.9. The molecule has 0 bridgehead atoms. The number of methoxy groups -OCH3 is 1. The van der Waals surface area contributed by atoms with E-state index in [1.807, 2.05) is 24.3 Å². The van der Waals surface area contributed by atoms with Gasteiger partial charge in [-0.3, -0.25) is 0 Å². The van der Waals surface area contributed by atoms with Crippen LogP contribution in [0.1, 0.15) is 57.9 Å².